The molecule has 2 aliphatic rings. The van der Waals surface area contributed by atoms with Crippen LogP contribution in [0.4, 0.5) is 16.2 Å². The number of carbonyl (C=O) groups excluding carboxylic acids is 3. The average Bonchev–Trinajstić information content (AvgIpc) is 3.44. The number of nitrogens with one attached hydrogen (secondary N) is 2. The number of urea groups is 1. The summed E-state index contributed by atoms with van der Waals surface area (Å²) in [6.45, 7) is 3.82. The van der Waals surface area contributed by atoms with Gasteiger partial charge in [0, 0.05) is 38.9 Å². The number of amides is 3. The molecular formula is C34H30BrN3O4. The van der Waals surface area contributed by atoms with Crippen LogP contribution >= 0.6 is 15.9 Å². The van der Waals surface area contributed by atoms with Gasteiger partial charge < -0.3 is 20.3 Å². The Kier molecular flexibility index (Phi) is 7.10. The van der Waals surface area contributed by atoms with Crippen LogP contribution in [0.3, 0.4) is 0 Å². The van der Waals surface area contributed by atoms with Crippen molar-refractivity contribution >= 4 is 45.0 Å². The minimum Gasteiger partial charge on any atom is -0.497 e. The number of anilines is 2. The lowest BCUT2D eigenvalue weighted by Crippen LogP contribution is -2.57. The number of nitrogens with zero attached hydrogens (tertiary/aromatic N) is 1. The summed E-state index contributed by atoms with van der Waals surface area (Å²) in [7, 11) is 1.60. The lowest BCUT2D eigenvalue weighted by molar-refractivity contribution is -0.126. The number of methoxy groups -OCH3 is 1. The fourth-order valence-corrected chi connectivity index (χ4v) is 7.03. The second-order valence-electron chi connectivity index (χ2n) is 10.8. The summed E-state index contributed by atoms with van der Waals surface area (Å²) >= 11 is 3.57. The van der Waals surface area contributed by atoms with Gasteiger partial charge in [-0.15, -0.1) is 0 Å². The van der Waals surface area contributed by atoms with Gasteiger partial charge in [0.15, 0.2) is 11.3 Å². The summed E-state index contributed by atoms with van der Waals surface area (Å²) in [4.78, 5) is 45.2. The highest BCUT2D eigenvalue weighted by Crippen LogP contribution is 2.59. The van der Waals surface area contributed by atoms with Crippen LogP contribution in [0.5, 0.6) is 5.75 Å². The van der Waals surface area contributed by atoms with E-state index in [1.807, 2.05) is 92.7 Å². The van der Waals surface area contributed by atoms with E-state index in [1.165, 1.54) is 0 Å². The first-order valence-corrected chi connectivity index (χ1v) is 14.6. The zero-order chi connectivity index (χ0) is 29.6. The van der Waals surface area contributed by atoms with Gasteiger partial charge in [-0.1, -0.05) is 76.6 Å². The largest absolute Gasteiger partial charge is 0.497 e. The van der Waals surface area contributed by atoms with Gasteiger partial charge in [-0.25, -0.2) is 4.79 Å². The van der Waals surface area contributed by atoms with Gasteiger partial charge >= 0.3 is 6.03 Å². The van der Waals surface area contributed by atoms with E-state index in [1.54, 1.807) is 30.2 Å². The normalized spacial score (nSPS) is 22.5. The topological polar surface area (TPSA) is 87.7 Å². The van der Waals surface area contributed by atoms with Crippen LogP contribution in [0, 0.1) is 12.8 Å². The van der Waals surface area contributed by atoms with E-state index in [9.17, 15) is 14.4 Å². The van der Waals surface area contributed by atoms with E-state index < -0.39 is 35.4 Å². The quantitative estimate of drug-likeness (QED) is 0.231. The lowest BCUT2D eigenvalue weighted by atomic mass is 9.69. The van der Waals surface area contributed by atoms with Gasteiger partial charge in [-0.05, 0) is 61.4 Å². The number of likely N-dealkylation sites (tertiary alicyclic amines) is 1. The van der Waals surface area contributed by atoms with Gasteiger partial charge in [0.2, 0.25) is 0 Å². The summed E-state index contributed by atoms with van der Waals surface area (Å²) in [6, 6.07) is 28.5. The van der Waals surface area contributed by atoms with E-state index in [0.29, 0.717) is 28.3 Å². The second-order valence-corrected chi connectivity index (χ2v) is 11.7. The Bertz CT molecular complexity index is 1690. The van der Waals surface area contributed by atoms with Crippen LogP contribution in [0.15, 0.2) is 102 Å². The zero-order valence-electron chi connectivity index (χ0n) is 23.4. The molecule has 0 aromatic heterocycles. The first-order chi connectivity index (χ1) is 20.3. The molecule has 1 saturated heterocycles. The molecular weight excluding hydrogens is 594 g/mol. The number of rotatable bonds is 5. The highest BCUT2D eigenvalue weighted by molar-refractivity contribution is 9.10. The fourth-order valence-electron chi connectivity index (χ4n) is 6.66. The molecule has 212 valence electrons. The summed E-state index contributed by atoms with van der Waals surface area (Å²) in [6.07, 6.45) is 0. The van der Waals surface area contributed by atoms with Gasteiger partial charge in [-0.2, -0.15) is 0 Å². The average molecular weight is 625 g/mol. The summed E-state index contributed by atoms with van der Waals surface area (Å²) in [5, 5.41) is 6.06. The molecule has 0 saturated carbocycles. The van der Waals surface area contributed by atoms with Crippen LogP contribution in [-0.2, 0) is 10.3 Å². The van der Waals surface area contributed by atoms with Crippen molar-refractivity contribution in [1.82, 2.24) is 4.90 Å². The van der Waals surface area contributed by atoms with E-state index in [0.717, 1.165) is 15.6 Å². The molecule has 4 atom stereocenters. The summed E-state index contributed by atoms with van der Waals surface area (Å²) in [5.41, 5.74) is 2.36. The van der Waals surface area contributed by atoms with E-state index >= 15 is 0 Å². The minimum absolute atomic E-state index is 0.211. The molecule has 2 heterocycles. The fraction of sp³-hybridized carbons (Fsp3) is 0.206. The number of para-hydroxylation sites is 1. The van der Waals surface area contributed by atoms with Crippen LogP contribution in [0.25, 0.3) is 0 Å². The first-order valence-electron chi connectivity index (χ1n) is 13.8. The molecule has 4 aromatic carbocycles. The van der Waals surface area contributed by atoms with Crippen molar-refractivity contribution in [3.05, 3.63) is 124 Å². The Labute approximate surface area is 253 Å². The zero-order valence-corrected chi connectivity index (χ0v) is 25.0. The third-order valence-electron chi connectivity index (χ3n) is 8.55. The van der Waals surface area contributed by atoms with Crippen LogP contribution in [0.2, 0.25) is 0 Å². The van der Waals surface area contributed by atoms with Crippen molar-refractivity contribution in [3.8, 4) is 5.75 Å². The molecule has 42 heavy (non-hydrogen) atoms. The smallest absolute Gasteiger partial charge is 0.323 e. The maximum Gasteiger partial charge on any atom is 0.323 e. The van der Waals surface area contributed by atoms with Crippen molar-refractivity contribution in [1.29, 1.82) is 0 Å². The van der Waals surface area contributed by atoms with E-state index in [2.05, 4.69) is 26.6 Å². The Morgan fingerprint density at radius 3 is 2.33 bits per heavy atom. The van der Waals surface area contributed by atoms with Crippen molar-refractivity contribution in [2.45, 2.75) is 31.3 Å². The monoisotopic (exact) mass is 623 g/mol. The van der Waals surface area contributed by atoms with Gasteiger partial charge in [0.1, 0.15) is 5.75 Å². The highest BCUT2D eigenvalue weighted by Gasteiger charge is 2.69. The molecule has 1 fully saturated rings. The predicted molar refractivity (Wildman–Crippen MR) is 166 cm³/mol. The van der Waals surface area contributed by atoms with Crippen LogP contribution < -0.4 is 15.4 Å². The number of aryl methyl sites for hydroxylation is 1. The standard InChI is InChI=1S/C34H30BrN3O4/c1-20-9-7-8-12-27(20)37-33(41)38-21(2)29(22-13-16-25(42-3)17-14-22)30(31(39)23-10-5-4-6-11-23)34(38)26-19-24(35)15-18-28(26)36-32(34)40/h4-19,21,29-30H,1-3H3,(H,36,40)(H,37,41). The third-order valence-corrected chi connectivity index (χ3v) is 9.04. The number of ketones is 1. The van der Waals surface area contributed by atoms with E-state index in [4.69, 9.17) is 4.74 Å². The number of halogens is 1. The van der Waals surface area contributed by atoms with Gasteiger partial charge in [0.25, 0.3) is 5.91 Å². The summed E-state index contributed by atoms with van der Waals surface area (Å²) in [5.74, 6) is -1.39. The predicted octanol–water partition coefficient (Wildman–Crippen LogP) is 7.13. The number of hydrogen-bond donors (Lipinski definition) is 2. The minimum atomic E-state index is -1.62. The van der Waals surface area contributed by atoms with Gasteiger partial charge in [0.05, 0.1) is 13.0 Å². The number of fused-ring (bicyclic) bond motifs is 2. The molecule has 0 bridgehead atoms. The Morgan fingerprint density at radius 2 is 1.64 bits per heavy atom. The van der Waals surface area contributed by atoms with Gasteiger partial charge in [-0.3, -0.25) is 9.59 Å². The molecule has 6 rings (SSSR count). The molecule has 2 N–H and O–H groups in total. The van der Waals surface area contributed by atoms with Crippen molar-refractivity contribution in [3.63, 3.8) is 0 Å². The van der Waals surface area contributed by atoms with Crippen molar-refractivity contribution in [2.75, 3.05) is 17.7 Å². The Morgan fingerprint density at radius 1 is 0.952 bits per heavy atom. The van der Waals surface area contributed by atoms with Crippen LogP contribution in [0.1, 0.15) is 39.9 Å². The molecule has 0 radical (unpaired) electrons. The molecule has 0 aliphatic carbocycles. The highest BCUT2D eigenvalue weighted by atomic mass is 79.9. The molecule has 2 aliphatic heterocycles. The number of carbonyl (C=O) groups is 3. The molecule has 1 spiro atoms. The first kappa shape index (κ1) is 27.7. The number of benzene rings is 4. The maximum atomic E-state index is 14.7. The summed E-state index contributed by atoms with van der Waals surface area (Å²) < 4.78 is 6.14. The number of Topliss-reactive ketones (excluding diaryl/α,β-unsaturated/α-hetero) is 1. The Balaban J connectivity index is 1.61. The second kappa shape index (κ2) is 10.8. The molecule has 7 nitrogen and oxygen atoms in total. The Hall–Kier alpha value is -4.43. The SMILES string of the molecule is COc1ccc(C2C(C)N(C(=O)Nc3ccccc3C)C3(C(=O)Nc4ccc(Br)cc43)C2C(=O)c2ccccc2)cc1. The van der Waals surface area contributed by atoms with Crippen molar-refractivity contribution in [2.24, 2.45) is 5.92 Å². The van der Waals surface area contributed by atoms with Crippen molar-refractivity contribution < 1.29 is 19.1 Å². The molecule has 3 amide bonds. The molecule has 4 aromatic rings. The number of ether oxygens (including phenoxy) is 1. The molecule has 4 unspecified atom stereocenters. The van der Waals surface area contributed by atoms with Crippen LogP contribution in [-0.4, -0.2) is 35.8 Å². The lowest BCUT2D eigenvalue weighted by Gasteiger charge is -2.38. The van der Waals surface area contributed by atoms with E-state index in [-0.39, 0.29) is 5.78 Å². The maximum absolute atomic E-state index is 14.7. The third kappa shape index (κ3) is 4.29. The molecule has 8 heteroatoms. The number of hydrogen-bond acceptors (Lipinski definition) is 4.